The molecule has 1 heterocycles. The number of rotatable bonds is 4. The largest absolute Gasteiger partial charge is 0.354 e. The summed E-state index contributed by atoms with van der Waals surface area (Å²) >= 11 is 7.78. The van der Waals surface area contributed by atoms with E-state index in [0.29, 0.717) is 0 Å². The summed E-state index contributed by atoms with van der Waals surface area (Å²) in [6, 6.07) is 8.10. The molecule has 0 aromatic heterocycles. The molecule has 1 saturated carbocycles. The maximum absolute atomic E-state index is 12.2. The summed E-state index contributed by atoms with van der Waals surface area (Å²) in [5, 5.41) is 7.16. The minimum atomic E-state index is -0.0290. The van der Waals surface area contributed by atoms with Crippen LogP contribution in [0.1, 0.15) is 31.2 Å². The Morgan fingerprint density at radius 1 is 1.33 bits per heavy atom. The fourth-order valence-corrected chi connectivity index (χ4v) is 4.43. The quantitative estimate of drug-likeness (QED) is 0.894. The fourth-order valence-electron chi connectivity index (χ4n) is 3.37. The lowest BCUT2D eigenvalue weighted by atomic mass is 9.79. The predicted molar refractivity (Wildman–Crippen MR) is 88.9 cm³/mol. The number of nitrogens with one attached hydrogen (secondary N) is 2. The van der Waals surface area contributed by atoms with Crippen LogP contribution in [0.3, 0.4) is 0 Å². The van der Waals surface area contributed by atoms with Gasteiger partial charge in [0.25, 0.3) is 0 Å². The van der Waals surface area contributed by atoms with Crippen LogP contribution in [0.5, 0.6) is 0 Å². The zero-order chi connectivity index (χ0) is 14.7. The average Bonchev–Trinajstić information content (AvgIpc) is 3.18. The van der Waals surface area contributed by atoms with E-state index in [1.165, 1.54) is 18.4 Å². The summed E-state index contributed by atoms with van der Waals surface area (Å²) in [4.78, 5) is 12.2. The minimum absolute atomic E-state index is 0.0290. The number of hydrogen-bond acceptors (Lipinski definition) is 3. The highest BCUT2D eigenvalue weighted by molar-refractivity contribution is 7.99. The molecule has 0 radical (unpaired) electrons. The zero-order valence-corrected chi connectivity index (χ0v) is 13.6. The van der Waals surface area contributed by atoms with Crippen LogP contribution in [-0.2, 0) is 10.2 Å². The average molecular weight is 325 g/mol. The third-order valence-electron chi connectivity index (χ3n) is 4.65. The van der Waals surface area contributed by atoms with Crippen molar-refractivity contribution in [1.29, 1.82) is 0 Å². The number of amides is 1. The first-order chi connectivity index (χ1) is 10.2. The second kappa shape index (κ2) is 6.59. The third-order valence-corrected chi connectivity index (χ3v) is 5.84. The van der Waals surface area contributed by atoms with Gasteiger partial charge in [-0.1, -0.05) is 36.6 Å². The molecule has 1 aromatic carbocycles. The highest BCUT2D eigenvalue weighted by Crippen LogP contribution is 2.40. The van der Waals surface area contributed by atoms with Gasteiger partial charge < -0.3 is 5.32 Å². The number of thioether (sulfide) groups is 1. The summed E-state index contributed by atoms with van der Waals surface area (Å²) in [5.74, 6) is 1.89. The number of halogens is 1. The topological polar surface area (TPSA) is 41.1 Å². The SMILES string of the molecule is O=C(NCC1(c2ccc(Cl)cc2)CCCC1)C1CSCN1. The maximum atomic E-state index is 12.2. The Bertz CT molecular complexity index is 494. The molecule has 3 nitrogen and oxygen atoms in total. The zero-order valence-electron chi connectivity index (χ0n) is 12.0. The molecule has 0 spiro atoms. The molecule has 1 aliphatic heterocycles. The van der Waals surface area contributed by atoms with E-state index in [4.69, 9.17) is 11.6 Å². The summed E-state index contributed by atoms with van der Waals surface area (Å²) in [5.41, 5.74) is 1.39. The lowest BCUT2D eigenvalue weighted by Gasteiger charge is -2.30. The summed E-state index contributed by atoms with van der Waals surface area (Å²) in [7, 11) is 0. The van der Waals surface area contributed by atoms with Crippen molar-refractivity contribution in [2.75, 3.05) is 18.2 Å². The Kier molecular flexibility index (Phi) is 4.77. The molecule has 0 bridgehead atoms. The molecule has 1 amide bonds. The van der Waals surface area contributed by atoms with Crippen LogP contribution in [0.4, 0.5) is 0 Å². The fraction of sp³-hybridized carbons (Fsp3) is 0.562. The Morgan fingerprint density at radius 2 is 2.05 bits per heavy atom. The van der Waals surface area contributed by atoms with Crippen LogP contribution in [0.2, 0.25) is 5.02 Å². The van der Waals surface area contributed by atoms with Crippen molar-refractivity contribution >= 4 is 29.3 Å². The monoisotopic (exact) mass is 324 g/mol. The molecule has 1 unspecified atom stereocenters. The van der Waals surface area contributed by atoms with Crippen molar-refractivity contribution in [2.24, 2.45) is 0 Å². The number of hydrogen-bond donors (Lipinski definition) is 2. The van der Waals surface area contributed by atoms with Crippen LogP contribution in [-0.4, -0.2) is 30.1 Å². The number of carbonyl (C=O) groups is 1. The maximum Gasteiger partial charge on any atom is 0.238 e. The molecule has 2 aliphatic rings. The molecule has 5 heteroatoms. The van der Waals surface area contributed by atoms with Gasteiger partial charge in [0.2, 0.25) is 5.91 Å². The third kappa shape index (κ3) is 3.38. The minimum Gasteiger partial charge on any atom is -0.354 e. The van der Waals surface area contributed by atoms with Crippen molar-refractivity contribution in [3.05, 3.63) is 34.9 Å². The summed E-state index contributed by atoms with van der Waals surface area (Å²) in [6.07, 6.45) is 4.75. The van der Waals surface area contributed by atoms with Gasteiger partial charge in [0.1, 0.15) is 0 Å². The number of benzene rings is 1. The van der Waals surface area contributed by atoms with Crippen LogP contribution in [0, 0.1) is 0 Å². The van der Waals surface area contributed by atoms with Crippen LogP contribution in [0.15, 0.2) is 24.3 Å². The normalized spacial score (nSPS) is 24.1. The summed E-state index contributed by atoms with van der Waals surface area (Å²) < 4.78 is 0. The van der Waals surface area contributed by atoms with Gasteiger partial charge in [0, 0.05) is 28.6 Å². The van der Waals surface area contributed by atoms with E-state index in [1.807, 2.05) is 12.1 Å². The molecule has 2 fully saturated rings. The first-order valence-corrected chi connectivity index (χ1v) is 9.08. The molecule has 114 valence electrons. The lowest BCUT2D eigenvalue weighted by Crippen LogP contribution is -2.47. The first kappa shape index (κ1) is 15.2. The Hall–Kier alpha value is -0.710. The van der Waals surface area contributed by atoms with Crippen molar-refractivity contribution < 1.29 is 4.79 Å². The molecule has 1 saturated heterocycles. The highest BCUT2D eigenvalue weighted by atomic mass is 35.5. The van der Waals surface area contributed by atoms with Crippen molar-refractivity contribution in [3.63, 3.8) is 0 Å². The van der Waals surface area contributed by atoms with Gasteiger partial charge in [-0.15, -0.1) is 11.8 Å². The van der Waals surface area contributed by atoms with E-state index >= 15 is 0 Å². The van der Waals surface area contributed by atoms with Gasteiger partial charge >= 0.3 is 0 Å². The highest BCUT2D eigenvalue weighted by Gasteiger charge is 2.36. The standard InChI is InChI=1S/C16H21ClN2OS/c17-13-5-3-12(4-6-13)16(7-1-2-8-16)10-18-15(20)14-9-21-11-19-14/h3-6,14,19H,1-2,7-11H2,(H,18,20). The smallest absolute Gasteiger partial charge is 0.238 e. The van der Waals surface area contributed by atoms with Gasteiger partial charge in [0.05, 0.1) is 6.04 Å². The second-order valence-electron chi connectivity index (χ2n) is 5.98. The molecule has 1 aromatic rings. The molecular formula is C16H21ClN2OS. The summed E-state index contributed by atoms with van der Waals surface area (Å²) in [6.45, 7) is 0.732. The van der Waals surface area contributed by atoms with Gasteiger partial charge in [0.15, 0.2) is 0 Å². The number of carbonyl (C=O) groups excluding carboxylic acids is 1. The van der Waals surface area contributed by atoms with E-state index in [0.717, 1.165) is 36.0 Å². The molecule has 21 heavy (non-hydrogen) atoms. The molecule has 2 N–H and O–H groups in total. The van der Waals surface area contributed by atoms with E-state index in [2.05, 4.69) is 22.8 Å². The molecular weight excluding hydrogens is 304 g/mol. The van der Waals surface area contributed by atoms with Gasteiger partial charge in [-0.05, 0) is 30.5 Å². The van der Waals surface area contributed by atoms with Crippen LogP contribution < -0.4 is 10.6 Å². The van der Waals surface area contributed by atoms with E-state index in [1.54, 1.807) is 11.8 Å². The molecule has 1 aliphatic carbocycles. The van der Waals surface area contributed by atoms with Gasteiger partial charge in [-0.25, -0.2) is 0 Å². The van der Waals surface area contributed by atoms with E-state index < -0.39 is 0 Å². The Labute approximate surface area is 135 Å². The van der Waals surface area contributed by atoms with E-state index in [-0.39, 0.29) is 17.4 Å². The molecule has 1 atom stereocenters. The first-order valence-electron chi connectivity index (χ1n) is 7.55. The van der Waals surface area contributed by atoms with E-state index in [9.17, 15) is 4.79 Å². The van der Waals surface area contributed by atoms with Crippen molar-refractivity contribution in [2.45, 2.75) is 37.1 Å². The Morgan fingerprint density at radius 3 is 2.67 bits per heavy atom. The second-order valence-corrected chi connectivity index (χ2v) is 7.45. The lowest BCUT2D eigenvalue weighted by molar-refractivity contribution is -0.122. The van der Waals surface area contributed by atoms with Crippen LogP contribution in [0.25, 0.3) is 0 Å². The van der Waals surface area contributed by atoms with Gasteiger partial charge in [-0.3, -0.25) is 10.1 Å². The van der Waals surface area contributed by atoms with Gasteiger partial charge in [-0.2, -0.15) is 0 Å². The predicted octanol–water partition coefficient (Wildman–Crippen LogP) is 2.93. The van der Waals surface area contributed by atoms with Crippen molar-refractivity contribution in [1.82, 2.24) is 10.6 Å². The van der Waals surface area contributed by atoms with Crippen LogP contribution >= 0.6 is 23.4 Å². The Balaban J connectivity index is 1.69. The molecule has 3 rings (SSSR count). The van der Waals surface area contributed by atoms with Crippen molar-refractivity contribution in [3.8, 4) is 0 Å².